The van der Waals surface area contributed by atoms with Crippen molar-refractivity contribution in [3.8, 4) is 16.9 Å². The van der Waals surface area contributed by atoms with E-state index in [4.69, 9.17) is 22.4 Å². The van der Waals surface area contributed by atoms with Gasteiger partial charge in [0.25, 0.3) is 0 Å². The van der Waals surface area contributed by atoms with Crippen LogP contribution in [0.1, 0.15) is 0 Å². The number of nitrogens with two attached hydrogens (primary N) is 1. The number of halogens is 2. The fourth-order valence-corrected chi connectivity index (χ4v) is 4.38. The van der Waals surface area contributed by atoms with Gasteiger partial charge in [-0.3, -0.25) is 0 Å². The number of carbonyl (C=O) groups excluding carboxylic acids is 1. The summed E-state index contributed by atoms with van der Waals surface area (Å²) in [4.78, 5) is 17.1. The number of carbonyl (C=O) groups is 1. The average Bonchev–Trinajstić information content (AvgIpc) is 3.21. The van der Waals surface area contributed by atoms with E-state index in [0.717, 1.165) is 11.3 Å². The summed E-state index contributed by atoms with van der Waals surface area (Å²) < 4.78 is 14.8. The van der Waals surface area contributed by atoms with Gasteiger partial charge >= 0.3 is 6.03 Å². The van der Waals surface area contributed by atoms with Crippen molar-refractivity contribution in [1.82, 2.24) is 14.7 Å². The van der Waals surface area contributed by atoms with Gasteiger partial charge in [-0.25, -0.2) is 13.9 Å². The highest BCUT2D eigenvalue weighted by atomic mass is 35.5. The Bertz CT molecular complexity index is 1330. The van der Waals surface area contributed by atoms with E-state index in [1.165, 1.54) is 12.1 Å². The maximum absolute atomic E-state index is 13.2. The van der Waals surface area contributed by atoms with Crippen molar-refractivity contribution < 1.29 is 9.18 Å². The van der Waals surface area contributed by atoms with Crippen molar-refractivity contribution in [1.29, 1.82) is 0 Å². The molecule has 1 aliphatic heterocycles. The predicted molar refractivity (Wildman–Crippen MR) is 138 cm³/mol. The zero-order chi connectivity index (χ0) is 24.4. The van der Waals surface area contributed by atoms with E-state index in [1.54, 1.807) is 27.8 Å². The van der Waals surface area contributed by atoms with E-state index in [2.05, 4.69) is 10.2 Å². The number of rotatable bonds is 4. The van der Waals surface area contributed by atoms with Gasteiger partial charge in [0, 0.05) is 37.4 Å². The molecular formula is C26H24ClFN6O. The Kier molecular flexibility index (Phi) is 6.29. The lowest BCUT2D eigenvalue weighted by Crippen LogP contribution is -2.50. The lowest BCUT2D eigenvalue weighted by molar-refractivity contribution is 0.208. The topological polar surface area (TPSA) is 79.4 Å². The molecule has 2 heterocycles. The number of aromatic nitrogens is 2. The molecule has 9 heteroatoms. The van der Waals surface area contributed by atoms with Gasteiger partial charge in [-0.15, -0.1) is 0 Å². The number of hydrogen-bond donors (Lipinski definition) is 2. The maximum Gasteiger partial charge on any atom is 0.322 e. The van der Waals surface area contributed by atoms with Gasteiger partial charge < -0.3 is 20.9 Å². The number of para-hydroxylation sites is 1. The molecule has 0 aliphatic carbocycles. The first-order valence-electron chi connectivity index (χ1n) is 11.3. The third-order valence-corrected chi connectivity index (χ3v) is 6.36. The van der Waals surface area contributed by atoms with E-state index < -0.39 is 0 Å². The second kappa shape index (κ2) is 9.68. The number of urea groups is 1. The second-order valence-electron chi connectivity index (χ2n) is 8.22. The van der Waals surface area contributed by atoms with Gasteiger partial charge in [-0.2, -0.15) is 5.10 Å². The molecule has 2 amide bonds. The summed E-state index contributed by atoms with van der Waals surface area (Å²) in [6.45, 7) is 2.31. The Hall–Kier alpha value is -4.04. The molecule has 178 valence electrons. The molecule has 0 atom stereocenters. The Balaban J connectivity index is 1.39. The lowest BCUT2D eigenvalue weighted by atomic mass is 10.1. The number of nitrogens with zero attached hydrogens (tertiary/aromatic N) is 4. The average molecular weight is 491 g/mol. The van der Waals surface area contributed by atoms with Crippen LogP contribution < -0.4 is 16.0 Å². The van der Waals surface area contributed by atoms with Crippen LogP contribution in [0, 0.1) is 5.82 Å². The zero-order valence-electron chi connectivity index (χ0n) is 18.9. The van der Waals surface area contributed by atoms with E-state index in [1.807, 2.05) is 48.5 Å². The summed E-state index contributed by atoms with van der Waals surface area (Å²) in [6, 6.07) is 22.9. The maximum atomic E-state index is 13.2. The highest BCUT2D eigenvalue weighted by molar-refractivity contribution is 6.32. The van der Waals surface area contributed by atoms with Gasteiger partial charge in [-0.1, -0.05) is 54.1 Å². The lowest BCUT2D eigenvalue weighted by Gasteiger charge is -2.36. The molecule has 0 saturated carbocycles. The van der Waals surface area contributed by atoms with Crippen LogP contribution in [0.15, 0.2) is 78.9 Å². The molecule has 1 aliphatic rings. The van der Waals surface area contributed by atoms with Crippen molar-refractivity contribution in [2.75, 3.05) is 42.1 Å². The molecule has 7 nitrogen and oxygen atoms in total. The molecule has 3 N–H and O–H groups in total. The standard InChI is InChI=1S/C26H24ClFN6O/c27-21-8-4-5-9-22(21)34-25(29)24(23(31-34)18-6-2-1-3-7-18)30-26(35)33-16-14-32(15-17-33)20-12-10-19(28)11-13-20/h1-13H,14-17,29H2,(H,30,35). The van der Waals surface area contributed by atoms with E-state index in [9.17, 15) is 9.18 Å². The molecule has 4 aromatic rings. The fourth-order valence-electron chi connectivity index (χ4n) is 4.17. The summed E-state index contributed by atoms with van der Waals surface area (Å²) in [6.07, 6.45) is 0. The third kappa shape index (κ3) is 4.65. The molecule has 0 unspecified atom stereocenters. The van der Waals surface area contributed by atoms with E-state index in [-0.39, 0.29) is 17.7 Å². The molecule has 5 rings (SSSR count). The molecule has 1 fully saturated rings. The number of nitrogen functional groups attached to an aromatic ring is 1. The first-order valence-corrected chi connectivity index (χ1v) is 11.6. The molecule has 35 heavy (non-hydrogen) atoms. The van der Waals surface area contributed by atoms with Crippen molar-refractivity contribution in [3.63, 3.8) is 0 Å². The highest BCUT2D eigenvalue weighted by Gasteiger charge is 2.26. The smallest absolute Gasteiger partial charge is 0.322 e. The first kappa shape index (κ1) is 22.7. The van der Waals surface area contributed by atoms with Crippen molar-refractivity contribution >= 4 is 34.8 Å². The SMILES string of the molecule is Nc1c(NC(=O)N2CCN(c3ccc(F)cc3)CC2)c(-c2ccccc2)nn1-c1ccccc1Cl. The normalized spacial score (nSPS) is 13.7. The molecule has 0 bridgehead atoms. The number of piperazine rings is 1. The number of anilines is 3. The second-order valence-corrected chi connectivity index (χ2v) is 8.63. The van der Waals surface area contributed by atoms with Gasteiger partial charge in [0.05, 0.1) is 10.7 Å². The van der Waals surface area contributed by atoms with Crippen LogP contribution in [0.2, 0.25) is 5.02 Å². The summed E-state index contributed by atoms with van der Waals surface area (Å²) in [5.41, 5.74) is 9.87. The minimum absolute atomic E-state index is 0.258. The van der Waals surface area contributed by atoms with Gasteiger partial charge in [0.2, 0.25) is 0 Å². The molecule has 0 radical (unpaired) electrons. The summed E-state index contributed by atoms with van der Waals surface area (Å²) in [5, 5.41) is 8.19. The van der Waals surface area contributed by atoms with Crippen LogP contribution >= 0.6 is 11.6 Å². The summed E-state index contributed by atoms with van der Waals surface area (Å²) in [5.74, 6) is 0.0196. The highest BCUT2D eigenvalue weighted by Crippen LogP contribution is 2.35. The minimum atomic E-state index is -0.268. The van der Waals surface area contributed by atoms with Crippen LogP contribution in [0.25, 0.3) is 16.9 Å². The molecule has 0 spiro atoms. The number of amides is 2. The van der Waals surface area contributed by atoms with Crippen LogP contribution in [0.3, 0.4) is 0 Å². The zero-order valence-corrected chi connectivity index (χ0v) is 19.6. The Labute approximate surface area is 207 Å². The van der Waals surface area contributed by atoms with Gasteiger partial charge in [-0.05, 0) is 36.4 Å². The van der Waals surface area contributed by atoms with Crippen molar-refractivity contribution in [3.05, 3.63) is 89.7 Å². The Morgan fingerprint density at radius 2 is 1.57 bits per heavy atom. The van der Waals surface area contributed by atoms with Gasteiger partial charge in [0.1, 0.15) is 17.2 Å². The number of benzene rings is 3. The molecule has 1 aromatic heterocycles. The van der Waals surface area contributed by atoms with Crippen LogP contribution in [0.4, 0.5) is 26.4 Å². The summed E-state index contributed by atoms with van der Waals surface area (Å²) >= 11 is 6.40. The minimum Gasteiger partial charge on any atom is -0.382 e. The van der Waals surface area contributed by atoms with E-state index in [0.29, 0.717) is 48.3 Å². The Morgan fingerprint density at radius 1 is 0.914 bits per heavy atom. The molecular weight excluding hydrogens is 467 g/mol. The third-order valence-electron chi connectivity index (χ3n) is 6.04. The van der Waals surface area contributed by atoms with E-state index >= 15 is 0 Å². The van der Waals surface area contributed by atoms with Crippen LogP contribution in [-0.2, 0) is 0 Å². The largest absolute Gasteiger partial charge is 0.382 e. The molecule has 3 aromatic carbocycles. The molecule has 1 saturated heterocycles. The summed E-state index contributed by atoms with van der Waals surface area (Å²) in [7, 11) is 0. The Morgan fingerprint density at radius 3 is 2.26 bits per heavy atom. The predicted octanol–water partition coefficient (Wildman–Crippen LogP) is 5.27. The number of nitrogens with one attached hydrogen (secondary N) is 1. The quantitative estimate of drug-likeness (QED) is 0.408. The first-order chi connectivity index (χ1) is 17.0. The van der Waals surface area contributed by atoms with Crippen LogP contribution in [-0.4, -0.2) is 46.9 Å². The fraction of sp³-hybridized carbons (Fsp3) is 0.154. The monoisotopic (exact) mass is 490 g/mol. The van der Waals surface area contributed by atoms with Crippen molar-refractivity contribution in [2.45, 2.75) is 0 Å². The number of hydrogen-bond acceptors (Lipinski definition) is 4. The van der Waals surface area contributed by atoms with Gasteiger partial charge in [0.15, 0.2) is 5.82 Å². The van der Waals surface area contributed by atoms with Crippen molar-refractivity contribution in [2.24, 2.45) is 0 Å². The van der Waals surface area contributed by atoms with Crippen LogP contribution in [0.5, 0.6) is 0 Å².